The van der Waals surface area contributed by atoms with Gasteiger partial charge in [0.25, 0.3) is 0 Å². The first kappa shape index (κ1) is 12.5. The van der Waals surface area contributed by atoms with Gasteiger partial charge in [0.05, 0.1) is 17.5 Å². The first-order chi connectivity index (χ1) is 9.96. The smallest absolute Gasteiger partial charge is 0.170 e. The van der Waals surface area contributed by atoms with Crippen molar-refractivity contribution < 1.29 is 9.53 Å². The van der Waals surface area contributed by atoms with Gasteiger partial charge in [0.2, 0.25) is 0 Å². The Kier molecular flexibility index (Phi) is 2.30. The Balaban J connectivity index is 2.12. The van der Waals surface area contributed by atoms with E-state index in [9.17, 15) is 4.79 Å². The summed E-state index contributed by atoms with van der Waals surface area (Å²) in [5.74, 6) is 0.850. The molecule has 2 aromatic carbocycles. The van der Waals surface area contributed by atoms with Crippen molar-refractivity contribution >= 4 is 27.6 Å². The Hall–Kier alpha value is -2.29. The summed E-state index contributed by atoms with van der Waals surface area (Å²) in [5, 5.41) is 2.28. The van der Waals surface area contributed by atoms with E-state index in [4.69, 9.17) is 4.74 Å². The van der Waals surface area contributed by atoms with Crippen LogP contribution in [0.1, 0.15) is 36.2 Å². The predicted molar refractivity (Wildman–Crippen MR) is 84.2 cm³/mol. The Morgan fingerprint density at radius 2 is 1.86 bits per heavy atom. The van der Waals surface area contributed by atoms with Crippen molar-refractivity contribution in [1.29, 1.82) is 0 Å². The summed E-state index contributed by atoms with van der Waals surface area (Å²) in [5.41, 5.74) is 3.47. The molecule has 0 aliphatic carbocycles. The monoisotopic (exact) mass is 279 g/mol. The van der Waals surface area contributed by atoms with Crippen LogP contribution in [0, 0.1) is 6.92 Å². The van der Waals surface area contributed by atoms with Crippen LogP contribution in [0.2, 0.25) is 0 Å². The third-order valence-corrected chi connectivity index (χ3v) is 4.24. The van der Waals surface area contributed by atoms with Gasteiger partial charge in [-0.2, -0.15) is 0 Å². The number of aromatic amines is 1. The Labute approximate surface area is 122 Å². The van der Waals surface area contributed by atoms with Crippen molar-refractivity contribution in [3.63, 3.8) is 0 Å². The number of benzene rings is 2. The number of carbonyl (C=O) groups is 1. The van der Waals surface area contributed by atoms with E-state index >= 15 is 0 Å². The fourth-order valence-corrected chi connectivity index (χ4v) is 3.23. The Bertz CT molecular complexity index is 902. The molecule has 0 unspecified atom stereocenters. The summed E-state index contributed by atoms with van der Waals surface area (Å²) in [6.45, 7) is 6.00. The van der Waals surface area contributed by atoms with Gasteiger partial charge in [0.15, 0.2) is 11.5 Å². The molecule has 0 fully saturated rings. The second kappa shape index (κ2) is 3.88. The highest BCUT2D eigenvalue weighted by Gasteiger charge is 2.34. The van der Waals surface area contributed by atoms with E-state index < -0.39 is 5.60 Å². The van der Waals surface area contributed by atoms with E-state index in [1.54, 1.807) is 0 Å². The molecule has 0 saturated carbocycles. The molecule has 1 N–H and O–H groups in total. The average Bonchev–Trinajstić information content (AvgIpc) is 2.78. The van der Waals surface area contributed by atoms with Gasteiger partial charge in [-0.3, -0.25) is 4.79 Å². The van der Waals surface area contributed by atoms with Crippen LogP contribution in [0.15, 0.2) is 30.3 Å². The minimum Gasteiger partial charge on any atom is -0.484 e. The van der Waals surface area contributed by atoms with E-state index in [1.807, 2.05) is 26.0 Å². The summed E-state index contributed by atoms with van der Waals surface area (Å²) in [6.07, 6.45) is 0.421. The number of Topliss-reactive ketones (excluding diaryl/α,β-unsaturated/α-hetero) is 1. The van der Waals surface area contributed by atoms with Gasteiger partial charge in [-0.05, 0) is 32.4 Å². The number of rotatable bonds is 0. The highest BCUT2D eigenvalue weighted by molar-refractivity contribution is 6.14. The van der Waals surface area contributed by atoms with E-state index in [0.717, 1.165) is 16.4 Å². The number of carbonyl (C=O) groups excluding carboxylic acids is 1. The summed E-state index contributed by atoms with van der Waals surface area (Å²) < 4.78 is 6.12. The van der Waals surface area contributed by atoms with E-state index in [1.165, 1.54) is 10.9 Å². The van der Waals surface area contributed by atoms with Crippen molar-refractivity contribution in [2.45, 2.75) is 32.8 Å². The van der Waals surface area contributed by atoms with Crippen LogP contribution in [-0.2, 0) is 0 Å². The number of aromatic nitrogens is 1. The minimum absolute atomic E-state index is 0.151. The molecule has 1 aliphatic heterocycles. The van der Waals surface area contributed by atoms with Crippen molar-refractivity contribution in [3.05, 3.63) is 41.5 Å². The molecule has 1 aromatic heterocycles. The maximum Gasteiger partial charge on any atom is 0.170 e. The van der Waals surface area contributed by atoms with Crippen LogP contribution in [0.25, 0.3) is 21.8 Å². The number of ether oxygens (including phenoxy) is 1. The summed E-state index contributed by atoms with van der Waals surface area (Å²) in [4.78, 5) is 15.8. The third-order valence-electron chi connectivity index (χ3n) is 4.24. The summed E-state index contributed by atoms with van der Waals surface area (Å²) in [7, 11) is 0. The van der Waals surface area contributed by atoms with Crippen molar-refractivity contribution in [1.82, 2.24) is 4.98 Å². The molecule has 0 spiro atoms. The zero-order valence-electron chi connectivity index (χ0n) is 12.4. The van der Waals surface area contributed by atoms with Gasteiger partial charge in [-0.25, -0.2) is 0 Å². The van der Waals surface area contributed by atoms with Crippen LogP contribution < -0.4 is 4.74 Å². The van der Waals surface area contributed by atoms with Crippen LogP contribution >= 0.6 is 0 Å². The quantitative estimate of drug-likeness (QED) is 0.663. The van der Waals surface area contributed by atoms with Crippen LogP contribution in [0.5, 0.6) is 5.75 Å². The van der Waals surface area contributed by atoms with Crippen LogP contribution in [0.4, 0.5) is 0 Å². The molecule has 3 nitrogen and oxygen atoms in total. The fraction of sp³-hybridized carbons (Fsp3) is 0.278. The highest BCUT2D eigenvalue weighted by atomic mass is 16.5. The van der Waals surface area contributed by atoms with E-state index in [0.29, 0.717) is 17.7 Å². The molecule has 0 amide bonds. The average molecular weight is 279 g/mol. The standard InChI is InChI=1S/C18H17NO2/c1-10-5-4-6-11-12-7-8-13-14(20)9-18(2,3)21-17(13)16(12)19-15(10)11/h4-8,19H,9H2,1-3H3. The molecular weight excluding hydrogens is 262 g/mol. The first-order valence-electron chi connectivity index (χ1n) is 7.22. The lowest BCUT2D eigenvalue weighted by atomic mass is 9.92. The molecule has 106 valence electrons. The number of ketones is 1. The number of nitrogens with one attached hydrogen (secondary N) is 1. The summed E-state index contributed by atoms with van der Waals surface area (Å²) >= 11 is 0. The number of H-pyrrole nitrogens is 1. The number of para-hydroxylation sites is 1. The molecule has 2 heterocycles. The van der Waals surface area contributed by atoms with Gasteiger partial charge < -0.3 is 9.72 Å². The first-order valence-corrected chi connectivity index (χ1v) is 7.22. The Morgan fingerprint density at radius 1 is 1.10 bits per heavy atom. The fourth-order valence-electron chi connectivity index (χ4n) is 3.23. The lowest BCUT2D eigenvalue weighted by Crippen LogP contribution is -2.35. The highest BCUT2D eigenvalue weighted by Crippen LogP contribution is 2.41. The van der Waals surface area contributed by atoms with Crippen LogP contribution in [-0.4, -0.2) is 16.4 Å². The molecule has 0 saturated heterocycles. The SMILES string of the molecule is Cc1cccc2c1[nH]c1c3c(ccc12)C(=O)CC(C)(C)O3. The predicted octanol–water partition coefficient (Wildman–Crippen LogP) is 4.37. The second-order valence-electron chi connectivity index (χ2n) is 6.45. The normalized spacial score (nSPS) is 17.0. The van der Waals surface area contributed by atoms with E-state index in [-0.39, 0.29) is 5.78 Å². The molecular formula is C18H17NO2. The Morgan fingerprint density at radius 3 is 2.67 bits per heavy atom. The molecule has 0 bridgehead atoms. The van der Waals surface area contributed by atoms with Gasteiger partial charge in [-0.15, -0.1) is 0 Å². The summed E-state index contributed by atoms with van der Waals surface area (Å²) in [6, 6.07) is 10.2. The third kappa shape index (κ3) is 1.70. The molecule has 0 atom stereocenters. The number of hydrogen-bond donors (Lipinski definition) is 1. The van der Waals surface area contributed by atoms with Crippen LogP contribution in [0.3, 0.4) is 0 Å². The number of fused-ring (bicyclic) bond motifs is 5. The van der Waals surface area contributed by atoms with Gasteiger partial charge in [-0.1, -0.05) is 24.3 Å². The number of hydrogen-bond acceptors (Lipinski definition) is 2. The van der Waals surface area contributed by atoms with Gasteiger partial charge >= 0.3 is 0 Å². The zero-order valence-corrected chi connectivity index (χ0v) is 12.4. The topological polar surface area (TPSA) is 42.1 Å². The molecule has 0 radical (unpaired) electrons. The second-order valence-corrected chi connectivity index (χ2v) is 6.45. The van der Waals surface area contributed by atoms with Gasteiger partial charge in [0, 0.05) is 16.3 Å². The largest absolute Gasteiger partial charge is 0.484 e. The number of aryl methyl sites for hydroxylation is 1. The minimum atomic E-state index is -0.454. The zero-order chi connectivity index (χ0) is 14.8. The van der Waals surface area contributed by atoms with Crippen molar-refractivity contribution in [3.8, 4) is 5.75 Å². The lowest BCUT2D eigenvalue weighted by molar-refractivity contribution is 0.0628. The molecule has 4 rings (SSSR count). The molecule has 1 aliphatic rings. The molecule has 3 aromatic rings. The maximum atomic E-state index is 12.3. The van der Waals surface area contributed by atoms with Crippen molar-refractivity contribution in [2.75, 3.05) is 0 Å². The maximum absolute atomic E-state index is 12.3. The van der Waals surface area contributed by atoms with Gasteiger partial charge in [0.1, 0.15) is 5.60 Å². The molecule has 3 heteroatoms. The van der Waals surface area contributed by atoms with E-state index in [2.05, 4.69) is 30.1 Å². The van der Waals surface area contributed by atoms with Crippen molar-refractivity contribution in [2.24, 2.45) is 0 Å². The molecule has 21 heavy (non-hydrogen) atoms. The lowest BCUT2D eigenvalue weighted by Gasteiger charge is -2.31.